The van der Waals surface area contributed by atoms with Crippen molar-refractivity contribution in [2.45, 2.75) is 25.8 Å². The minimum atomic E-state index is -4.80. The highest BCUT2D eigenvalue weighted by Gasteiger charge is 2.31. The van der Waals surface area contributed by atoms with Crippen LogP contribution < -0.4 is 15.4 Å². The molecule has 0 saturated heterocycles. The van der Waals surface area contributed by atoms with E-state index in [9.17, 15) is 27.9 Å². The van der Waals surface area contributed by atoms with Crippen molar-refractivity contribution in [3.8, 4) is 5.75 Å². The van der Waals surface area contributed by atoms with E-state index in [0.717, 1.165) is 21.9 Å². The van der Waals surface area contributed by atoms with E-state index in [1.54, 1.807) is 13.0 Å². The molecule has 0 radical (unpaired) electrons. The summed E-state index contributed by atoms with van der Waals surface area (Å²) in [5.74, 6) is -2.23. The van der Waals surface area contributed by atoms with Crippen LogP contribution in [0, 0.1) is 0 Å². The zero-order chi connectivity index (χ0) is 20.0. The molecule has 0 bridgehead atoms. The number of aliphatic hydroxyl groups is 1. The van der Waals surface area contributed by atoms with Gasteiger partial charge in [-0.15, -0.1) is 24.5 Å². The van der Waals surface area contributed by atoms with Crippen molar-refractivity contribution in [1.82, 2.24) is 5.32 Å². The number of ether oxygens (including phenoxy) is 1. The standard InChI is InChI=1S/C17H17F3N2O4S/c1-10(23)14-7-6-13(27-14)8-9-21-15(24)16(25)22-11-2-4-12(5-3-11)26-17(18,19)20/h2-7,10,23H,8-9H2,1H3,(H,21,24)(H,22,25)/t10-/m0/s1. The lowest BCUT2D eigenvalue weighted by atomic mass is 10.3. The van der Waals surface area contributed by atoms with Crippen LogP contribution in [0.2, 0.25) is 0 Å². The molecule has 1 atom stereocenters. The molecule has 146 valence electrons. The smallest absolute Gasteiger partial charge is 0.406 e. The van der Waals surface area contributed by atoms with Gasteiger partial charge in [-0.05, 0) is 49.7 Å². The van der Waals surface area contributed by atoms with E-state index in [0.29, 0.717) is 6.42 Å². The van der Waals surface area contributed by atoms with Crippen molar-refractivity contribution in [3.63, 3.8) is 0 Å². The van der Waals surface area contributed by atoms with Gasteiger partial charge in [-0.3, -0.25) is 9.59 Å². The second-order valence-corrected chi connectivity index (χ2v) is 6.71. The third-order valence-corrected chi connectivity index (χ3v) is 4.62. The van der Waals surface area contributed by atoms with Crippen molar-refractivity contribution in [3.05, 3.63) is 46.2 Å². The summed E-state index contributed by atoms with van der Waals surface area (Å²) in [5, 5.41) is 14.2. The maximum atomic E-state index is 12.1. The summed E-state index contributed by atoms with van der Waals surface area (Å²) < 4.78 is 40.0. The summed E-state index contributed by atoms with van der Waals surface area (Å²) in [6.45, 7) is 1.88. The second kappa shape index (κ2) is 8.87. The number of carbonyl (C=O) groups excluding carboxylic acids is 2. The van der Waals surface area contributed by atoms with E-state index >= 15 is 0 Å². The van der Waals surface area contributed by atoms with Gasteiger partial charge in [-0.1, -0.05) is 0 Å². The number of anilines is 1. The first-order valence-electron chi connectivity index (χ1n) is 7.86. The molecule has 2 amide bonds. The topological polar surface area (TPSA) is 87.7 Å². The van der Waals surface area contributed by atoms with Crippen molar-refractivity contribution < 1.29 is 32.6 Å². The largest absolute Gasteiger partial charge is 0.573 e. The van der Waals surface area contributed by atoms with Crippen molar-refractivity contribution in [2.75, 3.05) is 11.9 Å². The van der Waals surface area contributed by atoms with E-state index in [1.165, 1.54) is 23.5 Å². The average Bonchev–Trinajstić information content (AvgIpc) is 3.04. The normalized spacial score (nSPS) is 12.3. The molecule has 2 rings (SSSR count). The van der Waals surface area contributed by atoms with E-state index in [2.05, 4.69) is 15.4 Å². The Kier molecular flexibility index (Phi) is 6.81. The second-order valence-electron chi connectivity index (χ2n) is 5.51. The lowest BCUT2D eigenvalue weighted by Crippen LogP contribution is -2.36. The van der Waals surface area contributed by atoms with Crippen LogP contribution >= 0.6 is 11.3 Å². The number of carbonyl (C=O) groups is 2. The van der Waals surface area contributed by atoms with Gasteiger partial charge >= 0.3 is 18.2 Å². The van der Waals surface area contributed by atoms with Gasteiger partial charge in [0.05, 0.1) is 6.10 Å². The Morgan fingerprint density at radius 2 is 1.81 bits per heavy atom. The molecule has 10 heteroatoms. The van der Waals surface area contributed by atoms with Crippen LogP contribution in [-0.4, -0.2) is 29.8 Å². The van der Waals surface area contributed by atoms with E-state index in [4.69, 9.17) is 0 Å². The number of rotatable bonds is 6. The molecule has 2 aromatic rings. The van der Waals surface area contributed by atoms with Gasteiger partial charge in [-0.25, -0.2) is 0 Å². The van der Waals surface area contributed by atoms with E-state index in [-0.39, 0.29) is 12.2 Å². The number of hydrogen-bond acceptors (Lipinski definition) is 5. The first kappa shape index (κ1) is 20.7. The van der Waals surface area contributed by atoms with Crippen LogP contribution in [-0.2, 0) is 16.0 Å². The fourth-order valence-corrected chi connectivity index (χ4v) is 3.01. The number of hydrogen-bond donors (Lipinski definition) is 3. The number of benzene rings is 1. The molecule has 0 spiro atoms. The van der Waals surface area contributed by atoms with Gasteiger partial charge in [0.25, 0.3) is 0 Å². The molecule has 0 fully saturated rings. The van der Waals surface area contributed by atoms with Gasteiger partial charge in [0.15, 0.2) is 0 Å². The minimum absolute atomic E-state index is 0.157. The lowest BCUT2D eigenvalue weighted by molar-refractivity contribution is -0.274. The average molecular weight is 402 g/mol. The highest BCUT2D eigenvalue weighted by molar-refractivity contribution is 7.12. The van der Waals surface area contributed by atoms with Crippen molar-refractivity contribution in [1.29, 1.82) is 0 Å². The molecular weight excluding hydrogens is 385 g/mol. The molecule has 3 N–H and O–H groups in total. The van der Waals surface area contributed by atoms with Crippen LogP contribution in [0.25, 0.3) is 0 Å². The molecule has 0 unspecified atom stereocenters. The number of alkyl halides is 3. The predicted molar refractivity (Wildman–Crippen MR) is 93.4 cm³/mol. The Labute approximate surface area is 157 Å². The van der Waals surface area contributed by atoms with Gasteiger partial charge in [0.1, 0.15) is 5.75 Å². The number of amides is 2. The Balaban J connectivity index is 1.78. The van der Waals surface area contributed by atoms with Gasteiger partial charge < -0.3 is 20.5 Å². The Morgan fingerprint density at radius 1 is 1.15 bits per heavy atom. The molecule has 0 saturated carbocycles. The van der Waals surface area contributed by atoms with Crippen LogP contribution in [0.4, 0.5) is 18.9 Å². The number of thiophene rings is 1. The summed E-state index contributed by atoms with van der Waals surface area (Å²) in [5.41, 5.74) is 0.157. The first-order valence-corrected chi connectivity index (χ1v) is 8.67. The highest BCUT2D eigenvalue weighted by atomic mass is 32.1. The molecule has 1 aromatic carbocycles. The molecule has 1 aromatic heterocycles. The Bertz CT molecular complexity index is 788. The van der Waals surface area contributed by atoms with Gasteiger partial charge in [0.2, 0.25) is 0 Å². The predicted octanol–water partition coefficient (Wildman–Crippen LogP) is 3.00. The van der Waals surface area contributed by atoms with Gasteiger partial charge in [0, 0.05) is 22.0 Å². The fraction of sp³-hybridized carbons (Fsp3) is 0.294. The molecule has 0 aliphatic carbocycles. The lowest BCUT2D eigenvalue weighted by Gasteiger charge is -2.10. The van der Waals surface area contributed by atoms with Crippen molar-refractivity contribution >= 4 is 28.8 Å². The SMILES string of the molecule is C[C@H](O)c1ccc(CCNC(=O)C(=O)Nc2ccc(OC(F)(F)F)cc2)s1. The zero-order valence-electron chi connectivity index (χ0n) is 14.2. The maximum Gasteiger partial charge on any atom is 0.573 e. The summed E-state index contributed by atoms with van der Waals surface area (Å²) in [6.07, 6.45) is -4.86. The first-order chi connectivity index (χ1) is 12.6. The number of aliphatic hydroxyl groups excluding tert-OH is 1. The summed E-state index contributed by atoms with van der Waals surface area (Å²) in [4.78, 5) is 25.3. The molecule has 1 heterocycles. The molecule has 27 heavy (non-hydrogen) atoms. The quantitative estimate of drug-likeness (QED) is 0.649. The van der Waals surface area contributed by atoms with E-state index < -0.39 is 30.0 Å². The number of nitrogens with one attached hydrogen (secondary N) is 2. The van der Waals surface area contributed by atoms with Crippen LogP contribution in [0.3, 0.4) is 0 Å². The van der Waals surface area contributed by atoms with Crippen LogP contribution in [0.15, 0.2) is 36.4 Å². The third kappa shape index (κ3) is 6.91. The van der Waals surface area contributed by atoms with Gasteiger partial charge in [-0.2, -0.15) is 0 Å². The van der Waals surface area contributed by atoms with Crippen molar-refractivity contribution in [2.24, 2.45) is 0 Å². The molecule has 0 aliphatic heterocycles. The van der Waals surface area contributed by atoms with Crippen LogP contribution in [0.5, 0.6) is 5.75 Å². The monoisotopic (exact) mass is 402 g/mol. The third-order valence-electron chi connectivity index (χ3n) is 3.30. The Morgan fingerprint density at radius 3 is 2.37 bits per heavy atom. The maximum absolute atomic E-state index is 12.1. The summed E-state index contributed by atoms with van der Waals surface area (Å²) in [7, 11) is 0. The molecule has 6 nitrogen and oxygen atoms in total. The summed E-state index contributed by atoms with van der Waals surface area (Å²) in [6, 6.07) is 8.06. The van der Waals surface area contributed by atoms with E-state index in [1.807, 2.05) is 6.07 Å². The minimum Gasteiger partial charge on any atom is -0.406 e. The Hall–Kier alpha value is -2.59. The molecule has 0 aliphatic rings. The van der Waals surface area contributed by atoms with Crippen LogP contribution in [0.1, 0.15) is 22.8 Å². The fourth-order valence-electron chi connectivity index (χ4n) is 2.06. The summed E-state index contributed by atoms with van der Waals surface area (Å²) >= 11 is 1.42. The number of halogens is 3. The zero-order valence-corrected chi connectivity index (χ0v) is 15.0. The highest BCUT2D eigenvalue weighted by Crippen LogP contribution is 2.24. The molecular formula is C17H17F3N2O4S.